The van der Waals surface area contributed by atoms with Gasteiger partial charge in [-0.3, -0.25) is 9.59 Å². The van der Waals surface area contributed by atoms with Crippen LogP contribution in [-0.4, -0.2) is 16.0 Å². The van der Waals surface area contributed by atoms with Crippen LogP contribution in [0.15, 0.2) is 35.1 Å². The van der Waals surface area contributed by atoms with Gasteiger partial charge in [-0.2, -0.15) is 13.2 Å². The second-order valence-corrected chi connectivity index (χ2v) is 5.88. The summed E-state index contributed by atoms with van der Waals surface area (Å²) in [5.74, 6) is -0.611. The lowest BCUT2D eigenvalue weighted by Crippen LogP contribution is -2.35. The Morgan fingerprint density at radius 3 is 2.68 bits per heavy atom. The van der Waals surface area contributed by atoms with E-state index in [2.05, 4.69) is 5.32 Å². The number of nitrogens with one attached hydrogen (secondary N) is 2. The smallest absolute Gasteiger partial charge is 0.431 e. The van der Waals surface area contributed by atoms with E-state index in [9.17, 15) is 27.9 Å². The van der Waals surface area contributed by atoms with Crippen LogP contribution in [0.3, 0.4) is 0 Å². The van der Waals surface area contributed by atoms with Crippen LogP contribution in [0.2, 0.25) is 0 Å². The van der Waals surface area contributed by atoms with Gasteiger partial charge in [-0.05, 0) is 48.6 Å². The molecule has 1 amide bonds. The molecule has 1 aliphatic rings. The molecular formula is C17H15F3N2O3. The normalized spacial score (nSPS) is 17.0. The summed E-state index contributed by atoms with van der Waals surface area (Å²) in [5, 5.41) is 12.6. The fourth-order valence-corrected chi connectivity index (χ4v) is 3.03. The minimum absolute atomic E-state index is 0.142. The van der Waals surface area contributed by atoms with Crippen LogP contribution >= 0.6 is 0 Å². The number of phenols is 1. The number of H-pyrrole nitrogens is 1. The third-order valence-corrected chi connectivity index (χ3v) is 4.25. The zero-order valence-electron chi connectivity index (χ0n) is 13.0. The zero-order valence-corrected chi connectivity index (χ0v) is 13.0. The number of pyridine rings is 1. The van der Waals surface area contributed by atoms with Crippen molar-refractivity contribution < 1.29 is 23.1 Å². The second-order valence-electron chi connectivity index (χ2n) is 5.88. The molecule has 0 spiro atoms. The average molecular weight is 352 g/mol. The molecule has 8 heteroatoms. The first-order chi connectivity index (χ1) is 11.8. The summed E-state index contributed by atoms with van der Waals surface area (Å²) in [4.78, 5) is 25.8. The number of fused-ring (bicyclic) bond motifs is 1. The van der Waals surface area contributed by atoms with Gasteiger partial charge in [-0.1, -0.05) is 12.1 Å². The highest BCUT2D eigenvalue weighted by Crippen LogP contribution is 2.34. The van der Waals surface area contributed by atoms with Gasteiger partial charge in [0.25, 0.3) is 11.5 Å². The molecule has 1 unspecified atom stereocenters. The standard InChI is InChI=1S/C17H15F3N2O3/c18-17(19,20)14-8-7-11(16(25)22-14)15(24)21-12-5-1-4-10-9(12)3-2-6-13(10)23/h2-3,6-8,12,23H,1,4-5H2,(H,21,24)(H,22,25). The fraction of sp³-hybridized carbons (Fsp3) is 0.294. The summed E-state index contributed by atoms with van der Waals surface area (Å²) in [6.45, 7) is 0. The van der Waals surface area contributed by atoms with Gasteiger partial charge < -0.3 is 15.4 Å². The van der Waals surface area contributed by atoms with E-state index in [1.807, 2.05) is 0 Å². The Hall–Kier alpha value is -2.77. The molecule has 0 saturated carbocycles. The van der Waals surface area contributed by atoms with Gasteiger partial charge in [0, 0.05) is 0 Å². The quantitative estimate of drug-likeness (QED) is 0.777. The van der Waals surface area contributed by atoms with Crippen molar-refractivity contribution in [3.05, 3.63) is 63.1 Å². The lowest BCUT2D eigenvalue weighted by Gasteiger charge is -2.26. The van der Waals surface area contributed by atoms with Crippen LogP contribution in [0.1, 0.15) is 46.1 Å². The number of amides is 1. The maximum absolute atomic E-state index is 12.6. The van der Waals surface area contributed by atoms with Gasteiger partial charge >= 0.3 is 6.18 Å². The molecule has 2 aromatic rings. The molecular weight excluding hydrogens is 337 g/mol. The number of halogens is 3. The van der Waals surface area contributed by atoms with Crippen LogP contribution in [0.25, 0.3) is 0 Å². The number of aromatic nitrogens is 1. The lowest BCUT2D eigenvalue weighted by molar-refractivity contribution is -0.141. The topological polar surface area (TPSA) is 82.2 Å². The monoisotopic (exact) mass is 352 g/mol. The fourth-order valence-electron chi connectivity index (χ4n) is 3.03. The molecule has 0 aliphatic heterocycles. The van der Waals surface area contributed by atoms with Crippen LogP contribution in [-0.2, 0) is 12.6 Å². The number of rotatable bonds is 2. The first-order valence-electron chi connectivity index (χ1n) is 7.69. The van der Waals surface area contributed by atoms with E-state index < -0.39 is 29.4 Å². The molecule has 0 fully saturated rings. The number of aromatic hydroxyl groups is 1. The van der Waals surface area contributed by atoms with Crippen molar-refractivity contribution in [3.8, 4) is 5.75 Å². The molecule has 3 rings (SSSR count). The van der Waals surface area contributed by atoms with Crippen molar-refractivity contribution in [1.82, 2.24) is 10.3 Å². The summed E-state index contributed by atoms with van der Waals surface area (Å²) in [6, 6.07) is 6.11. The number of aromatic amines is 1. The predicted molar refractivity (Wildman–Crippen MR) is 83.3 cm³/mol. The van der Waals surface area contributed by atoms with E-state index in [0.29, 0.717) is 18.9 Å². The molecule has 1 aliphatic carbocycles. The highest BCUT2D eigenvalue weighted by molar-refractivity contribution is 5.94. The molecule has 1 atom stereocenters. The summed E-state index contributed by atoms with van der Waals surface area (Å²) >= 11 is 0. The van der Waals surface area contributed by atoms with Gasteiger partial charge in [0.05, 0.1) is 6.04 Å². The maximum atomic E-state index is 12.6. The first-order valence-corrected chi connectivity index (χ1v) is 7.69. The molecule has 5 nitrogen and oxygen atoms in total. The largest absolute Gasteiger partial charge is 0.508 e. The molecule has 25 heavy (non-hydrogen) atoms. The van der Waals surface area contributed by atoms with Crippen LogP contribution in [0, 0.1) is 0 Å². The summed E-state index contributed by atoms with van der Waals surface area (Å²) in [6.07, 6.45) is -2.66. The van der Waals surface area contributed by atoms with Crippen molar-refractivity contribution in [2.75, 3.05) is 0 Å². The van der Waals surface area contributed by atoms with Gasteiger partial charge in [0.2, 0.25) is 0 Å². The number of alkyl halides is 3. The predicted octanol–water partition coefficient (Wildman–Crippen LogP) is 2.91. The van der Waals surface area contributed by atoms with E-state index in [-0.39, 0.29) is 11.3 Å². The summed E-state index contributed by atoms with van der Waals surface area (Å²) in [7, 11) is 0. The van der Waals surface area contributed by atoms with Gasteiger partial charge in [-0.15, -0.1) is 0 Å². The van der Waals surface area contributed by atoms with Crippen molar-refractivity contribution in [3.63, 3.8) is 0 Å². The Balaban J connectivity index is 1.85. The molecule has 0 radical (unpaired) electrons. The van der Waals surface area contributed by atoms with E-state index >= 15 is 0 Å². The molecule has 0 bridgehead atoms. The Morgan fingerprint density at radius 2 is 2.00 bits per heavy atom. The van der Waals surface area contributed by atoms with Crippen LogP contribution in [0.4, 0.5) is 13.2 Å². The number of hydrogen-bond acceptors (Lipinski definition) is 3. The SMILES string of the molecule is O=C(NC1CCCc2c(O)cccc21)c1ccc(C(F)(F)F)[nH]c1=O. The number of carbonyl (C=O) groups excluding carboxylic acids is 1. The number of phenolic OH excluding ortho intramolecular Hbond substituents is 1. The third kappa shape index (κ3) is 3.38. The highest BCUT2D eigenvalue weighted by atomic mass is 19.4. The molecule has 1 aromatic heterocycles. The first kappa shape index (κ1) is 17.1. The minimum atomic E-state index is -4.69. The third-order valence-electron chi connectivity index (χ3n) is 4.25. The number of carbonyl (C=O) groups is 1. The Morgan fingerprint density at radius 1 is 1.24 bits per heavy atom. The van der Waals surface area contributed by atoms with Crippen molar-refractivity contribution >= 4 is 5.91 Å². The van der Waals surface area contributed by atoms with E-state index in [0.717, 1.165) is 23.6 Å². The maximum Gasteiger partial charge on any atom is 0.431 e. The van der Waals surface area contributed by atoms with Gasteiger partial charge in [0.15, 0.2) is 0 Å². The van der Waals surface area contributed by atoms with Gasteiger partial charge in [0.1, 0.15) is 17.0 Å². The Bertz CT molecular complexity index is 874. The summed E-state index contributed by atoms with van der Waals surface area (Å²) < 4.78 is 37.7. The summed E-state index contributed by atoms with van der Waals surface area (Å²) in [5.41, 5.74) is -1.20. The molecule has 1 aromatic carbocycles. The van der Waals surface area contributed by atoms with Crippen molar-refractivity contribution in [2.45, 2.75) is 31.5 Å². The lowest BCUT2D eigenvalue weighted by atomic mass is 9.87. The molecule has 132 valence electrons. The van der Waals surface area contributed by atoms with Crippen LogP contribution < -0.4 is 10.9 Å². The van der Waals surface area contributed by atoms with Crippen molar-refractivity contribution in [2.24, 2.45) is 0 Å². The highest BCUT2D eigenvalue weighted by Gasteiger charge is 2.32. The van der Waals surface area contributed by atoms with E-state index in [1.165, 1.54) is 0 Å². The molecule has 1 heterocycles. The molecule has 0 saturated heterocycles. The number of benzene rings is 1. The van der Waals surface area contributed by atoms with E-state index in [4.69, 9.17) is 0 Å². The second kappa shape index (κ2) is 6.27. The Kier molecular flexibility index (Phi) is 4.28. The molecule has 3 N–H and O–H groups in total. The van der Waals surface area contributed by atoms with Gasteiger partial charge in [-0.25, -0.2) is 0 Å². The van der Waals surface area contributed by atoms with Crippen LogP contribution in [0.5, 0.6) is 5.75 Å². The van der Waals surface area contributed by atoms with Crippen molar-refractivity contribution in [1.29, 1.82) is 0 Å². The minimum Gasteiger partial charge on any atom is -0.508 e. The zero-order chi connectivity index (χ0) is 18.2. The Labute approximate surface area is 140 Å². The number of hydrogen-bond donors (Lipinski definition) is 3. The average Bonchev–Trinajstić information content (AvgIpc) is 2.55. The van der Waals surface area contributed by atoms with E-state index in [1.54, 1.807) is 23.2 Å².